The standard InChI is InChI=1S/C17H11F6N5/c18-16(19,20)10-1-5-12(6-2-10)25-14-9-24-28-15(27-14)26-13-7-3-11(4-8-13)17(21,22)23/h1-9H,(H2,25,26,27,28). The molecule has 2 aromatic carbocycles. The van der Waals surface area contributed by atoms with Gasteiger partial charge in [0.15, 0.2) is 5.82 Å². The highest BCUT2D eigenvalue weighted by Crippen LogP contribution is 2.31. The molecule has 0 saturated heterocycles. The van der Waals surface area contributed by atoms with E-state index in [0.29, 0.717) is 11.4 Å². The number of halogens is 6. The van der Waals surface area contributed by atoms with E-state index < -0.39 is 23.5 Å². The average Bonchev–Trinajstić information content (AvgIpc) is 2.61. The predicted octanol–water partition coefficient (Wildman–Crippen LogP) is 5.40. The largest absolute Gasteiger partial charge is 0.416 e. The van der Waals surface area contributed by atoms with Gasteiger partial charge in [-0.1, -0.05) is 0 Å². The Hall–Kier alpha value is -3.37. The quantitative estimate of drug-likeness (QED) is 0.576. The summed E-state index contributed by atoms with van der Waals surface area (Å²) in [5.41, 5.74) is -0.936. The van der Waals surface area contributed by atoms with Gasteiger partial charge < -0.3 is 10.6 Å². The Balaban J connectivity index is 1.70. The third-order valence-corrected chi connectivity index (χ3v) is 3.51. The Morgan fingerprint density at radius 1 is 0.643 bits per heavy atom. The molecule has 0 fully saturated rings. The van der Waals surface area contributed by atoms with Crippen LogP contribution in [-0.4, -0.2) is 15.2 Å². The number of nitrogens with zero attached hydrogens (tertiary/aromatic N) is 3. The first kappa shape index (κ1) is 19.4. The molecule has 0 saturated carbocycles. The van der Waals surface area contributed by atoms with Gasteiger partial charge in [-0.05, 0) is 48.5 Å². The average molecular weight is 399 g/mol. The Labute approximate surface area is 154 Å². The van der Waals surface area contributed by atoms with Gasteiger partial charge >= 0.3 is 12.4 Å². The summed E-state index contributed by atoms with van der Waals surface area (Å²) in [5, 5.41) is 12.9. The van der Waals surface area contributed by atoms with Crippen molar-refractivity contribution >= 4 is 23.1 Å². The van der Waals surface area contributed by atoms with Crippen LogP contribution in [0.15, 0.2) is 54.7 Å². The lowest BCUT2D eigenvalue weighted by Gasteiger charge is -2.10. The van der Waals surface area contributed by atoms with Crippen LogP contribution in [0.1, 0.15) is 11.1 Å². The minimum absolute atomic E-state index is 0.00308. The van der Waals surface area contributed by atoms with Crippen LogP contribution in [0.3, 0.4) is 0 Å². The number of nitrogens with one attached hydrogen (secondary N) is 2. The summed E-state index contributed by atoms with van der Waals surface area (Å²) in [7, 11) is 0. The van der Waals surface area contributed by atoms with Gasteiger partial charge in [0.25, 0.3) is 0 Å². The van der Waals surface area contributed by atoms with Crippen LogP contribution in [-0.2, 0) is 12.4 Å². The third-order valence-electron chi connectivity index (χ3n) is 3.51. The molecule has 3 rings (SSSR count). The summed E-state index contributed by atoms with van der Waals surface area (Å²) in [5.74, 6) is 0.181. The van der Waals surface area contributed by atoms with E-state index >= 15 is 0 Å². The number of rotatable bonds is 4. The minimum atomic E-state index is -4.44. The molecule has 0 spiro atoms. The van der Waals surface area contributed by atoms with E-state index in [1.165, 1.54) is 30.5 Å². The molecule has 2 N–H and O–H groups in total. The van der Waals surface area contributed by atoms with Crippen molar-refractivity contribution in [2.75, 3.05) is 10.6 Å². The fraction of sp³-hybridized carbons (Fsp3) is 0.118. The van der Waals surface area contributed by atoms with Crippen molar-refractivity contribution in [2.45, 2.75) is 12.4 Å². The van der Waals surface area contributed by atoms with Crippen LogP contribution in [0.4, 0.5) is 49.5 Å². The SMILES string of the molecule is FC(F)(F)c1ccc(Nc2cnnc(Nc3ccc(C(F)(F)F)cc3)n2)cc1. The maximum Gasteiger partial charge on any atom is 0.416 e. The molecule has 1 aromatic heterocycles. The van der Waals surface area contributed by atoms with Gasteiger partial charge in [0.1, 0.15) is 0 Å². The van der Waals surface area contributed by atoms with Crippen molar-refractivity contribution in [1.29, 1.82) is 0 Å². The molecule has 0 atom stereocenters. The Bertz CT molecular complexity index is 861. The van der Waals surface area contributed by atoms with Crippen LogP contribution in [0, 0.1) is 0 Å². The normalized spacial score (nSPS) is 11.9. The summed E-state index contributed by atoms with van der Waals surface area (Å²) in [6.45, 7) is 0. The van der Waals surface area contributed by atoms with Gasteiger partial charge in [0.05, 0.1) is 17.3 Å². The maximum absolute atomic E-state index is 12.6. The van der Waals surface area contributed by atoms with E-state index in [-0.39, 0.29) is 11.8 Å². The van der Waals surface area contributed by atoms with Crippen molar-refractivity contribution in [2.24, 2.45) is 0 Å². The number of hydrogen-bond acceptors (Lipinski definition) is 5. The second kappa shape index (κ2) is 7.33. The monoisotopic (exact) mass is 399 g/mol. The van der Waals surface area contributed by atoms with Crippen molar-refractivity contribution in [3.8, 4) is 0 Å². The van der Waals surface area contributed by atoms with E-state index in [4.69, 9.17) is 0 Å². The lowest BCUT2D eigenvalue weighted by atomic mass is 10.2. The molecule has 28 heavy (non-hydrogen) atoms. The van der Waals surface area contributed by atoms with E-state index in [9.17, 15) is 26.3 Å². The van der Waals surface area contributed by atoms with Crippen molar-refractivity contribution in [1.82, 2.24) is 15.2 Å². The molecule has 3 aromatic rings. The van der Waals surface area contributed by atoms with Crippen molar-refractivity contribution in [3.05, 3.63) is 65.9 Å². The molecule has 11 heteroatoms. The van der Waals surface area contributed by atoms with E-state index in [0.717, 1.165) is 24.3 Å². The van der Waals surface area contributed by atoms with Crippen molar-refractivity contribution in [3.63, 3.8) is 0 Å². The van der Waals surface area contributed by atoms with Crippen LogP contribution in [0.2, 0.25) is 0 Å². The Morgan fingerprint density at radius 3 is 1.57 bits per heavy atom. The Morgan fingerprint density at radius 2 is 1.11 bits per heavy atom. The third kappa shape index (κ3) is 4.87. The number of hydrogen-bond donors (Lipinski definition) is 2. The van der Waals surface area contributed by atoms with Gasteiger partial charge in [-0.3, -0.25) is 0 Å². The van der Waals surface area contributed by atoms with E-state index in [2.05, 4.69) is 25.8 Å². The summed E-state index contributed by atoms with van der Waals surface area (Å²) in [6.07, 6.45) is -7.63. The van der Waals surface area contributed by atoms with Gasteiger partial charge in [-0.2, -0.15) is 36.4 Å². The molecule has 0 radical (unpaired) electrons. The highest BCUT2D eigenvalue weighted by atomic mass is 19.4. The van der Waals surface area contributed by atoms with Crippen molar-refractivity contribution < 1.29 is 26.3 Å². The zero-order chi connectivity index (χ0) is 20.4. The first-order valence-corrected chi connectivity index (χ1v) is 7.69. The van der Waals surface area contributed by atoms with Gasteiger partial charge in [0, 0.05) is 11.4 Å². The van der Waals surface area contributed by atoms with Gasteiger partial charge in [-0.15, -0.1) is 5.10 Å². The number of benzene rings is 2. The van der Waals surface area contributed by atoms with Crippen LogP contribution >= 0.6 is 0 Å². The lowest BCUT2D eigenvalue weighted by molar-refractivity contribution is -0.138. The molecule has 1 heterocycles. The molecule has 0 aliphatic carbocycles. The molecule has 0 amide bonds. The zero-order valence-corrected chi connectivity index (χ0v) is 13.8. The highest BCUT2D eigenvalue weighted by molar-refractivity contribution is 5.59. The maximum atomic E-state index is 12.6. The first-order valence-electron chi connectivity index (χ1n) is 7.69. The topological polar surface area (TPSA) is 62.7 Å². The highest BCUT2D eigenvalue weighted by Gasteiger charge is 2.30. The molecular weight excluding hydrogens is 388 g/mol. The number of aromatic nitrogens is 3. The second-order valence-electron chi connectivity index (χ2n) is 5.57. The number of anilines is 4. The number of alkyl halides is 6. The van der Waals surface area contributed by atoms with Gasteiger partial charge in [0.2, 0.25) is 5.95 Å². The summed E-state index contributed by atoms with van der Waals surface area (Å²) in [4.78, 5) is 4.07. The fourth-order valence-electron chi connectivity index (χ4n) is 2.18. The van der Waals surface area contributed by atoms with E-state index in [1.807, 2.05) is 0 Å². The lowest BCUT2D eigenvalue weighted by Crippen LogP contribution is -2.06. The molecule has 0 bridgehead atoms. The molecule has 146 valence electrons. The van der Waals surface area contributed by atoms with Crippen LogP contribution in [0.5, 0.6) is 0 Å². The minimum Gasteiger partial charge on any atom is -0.339 e. The van der Waals surface area contributed by atoms with Gasteiger partial charge in [-0.25, -0.2) is 0 Å². The molecule has 0 aliphatic heterocycles. The second-order valence-corrected chi connectivity index (χ2v) is 5.57. The summed E-state index contributed by atoms with van der Waals surface area (Å²) < 4.78 is 75.4. The zero-order valence-electron chi connectivity index (χ0n) is 13.8. The van der Waals surface area contributed by atoms with E-state index in [1.54, 1.807) is 0 Å². The first-order chi connectivity index (χ1) is 13.1. The fourth-order valence-corrected chi connectivity index (χ4v) is 2.18. The molecule has 0 aliphatic rings. The van der Waals surface area contributed by atoms with Crippen LogP contribution < -0.4 is 10.6 Å². The molecular formula is C17H11F6N5. The predicted molar refractivity (Wildman–Crippen MR) is 89.3 cm³/mol. The molecule has 5 nitrogen and oxygen atoms in total. The smallest absolute Gasteiger partial charge is 0.339 e. The van der Waals surface area contributed by atoms with Crippen LogP contribution in [0.25, 0.3) is 0 Å². The molecule has 0 unspecified atom stereocenters. The Kier molecular flexibility index (Phi) is 5.08. The summed E-state index contributed by atoms with van der Waals surface area (Å²) in [6, 6.07) is 8.52. The summed E-state index contributed by atoms with van der Waals surface area (Å²) >= 11 is 0.